The molecule has 1 aromatic rings. The molecule has 6 nitrogen and oxygen atoms in total. The minimum atomic E-state index is 0. The molecule has 3 N–H and O–H groups in total. The van der Waals surface area contributed by atoms with Crippen molar-refractivity contribution in [1.82, 2.24) is 20.4 Å². The van der Waals surface area contributed by atoms with Gasteiger partial charge in [-0.15, -0.1) is 12.4 Å². The molecule has 1 atom stereocenters. The van der Waals surface area contributed by atoms with E-state index in [1.54, 1.807) is 0 Å². The molecular weight excluding hydrogens is 218 g/mol. The highest BCUT2D eigenvalue weighted by Gasteiger charge is 2.24. The van der Waals surface area contributed by atoms with Crippen LogP contribution in [0.4, 0.5) is 0 Å². The van der Waals surface area contributed by atoms with Gasteiger partial charge in [0.1, 0.15) is 0 Å². The number of likely N-dealkylation sites (N-methyl/N-ethyl adjacent to an activating group) is 1. The van der Waals surface area contributed by atoms with E-state index in [2.05, 4.69) is 27.4 Å². The third-order valence-corrected chi connectivity index (χ3v) is 2.47. The largest absolute Gasteiger partial charge is 0.338 e. The summed E-state index contributed by atoms with van der Waals surface area (Å²) < 4.78 is 4.97. The topological polar surface area (TPSA) is 80.2 Å². The van der Waals surface area contributed by atoms with Gasteiger partial charge in [0, 0.05) is 19.6 Å². The Hall–Kier alpha value is -0.690. The number of nitrogens with one attached hydrogen (secondary N) is 1. The van der Waals surface area contributed by atoms with Crippen LogP contribution in [0, 0.1) is 0 Å². The van der Waals surface area contributed by atoms with E-state index < -0.39 is 0 Å². The number of halogens is 1. The molecule has 86 valence electrons. The van der Waals surface area contributed by atoms with Crippen molar-refractivity contribution in [3.8, 4) is 0 Å². The van der Waals surface area contributed by atoms with Crippen LogP contribution in [0.2, 0.25) is 0 Å². The summed E-state index contributed by atoms with van der Waals surface area (Å²) in [5, 5.41) is 7.21. The van der Waals surface area contributed by atoms with Crippen molar-refractivity contribution in [3.05, 3.63) is 11.7 Å². The molecule has 15 heavy (non-hydrogen) atoms. The first-order valence-corrected chi connectivity index (χ1v) is 4.74. The van der Waals surface area contributed by atoms with Crippen molar-refractivity contribution < 1.29 is 4.52 Å². The zero-order valence-corrected chi connectivity index (χ0v) is 9.46. The van der Waals surface area contributed by atoms with Crippen LogP contribution < -0.4 is 11.1 Å². The van der Waals surface area contributed by atoms with E-state index in [0.717, 1.165) is 25.5 Å². The summed E-state index contributed by atoms with van der Waals surface area (Å²) >= 11 is 0. The molecule has 0 spiro atoms. The SMILES string of the molecule is CN1CCNCC1c1noc(CN)n1.Cl. The maximum Gasteiger partial charge on any atom is 0.240 e. The van der Waals surface area contributed by atoms with Crippen LogP contribution in [-0.4, -0.2) is 41.7 Å². The van der Waals surface area contributed by atoms with E-state index in [9.17, 15) is 0 Å². The molecular formula is C8H16ClN5O. The van der Waals surface area contributed by atoms with Crippen LogP contribution in [0.3, 0.4) is 0 Å². The Morgan fingerprint density at radius 3 is 3.07 bits per heavy atom. The van der Waals surface area contributed by atoms with E-state index in [4.69, 9.17) is 10.3 Å². The fourth-order valence-corrected chi connectivity index (χ4v) is 1.58. The number of rotatable bonds is 2. The van der Waals surface area contributed by atoms with Crippen LogP contribution in [0.5, 0.6) is 0 Å². The second-order valence-electron chi connectivity index (χ2n) is 3.45. The molecule has 0 aliphatic carbocycles. The van der Waals surface area contributed by atoms with E-state index in [0.29, 0.717) is 12.4 Å². The molecule has 1 aromatic heterocycles. The molecule has 0 radical (unpaired) electrons. The van der Waals surface area contributed by atoms with Gasteiger partial charge in [-0.05, 0) is 7.05 Å². The molecule has 1 fully saturated rings. The van der Waals surface area contributed by atoms with Crippen LogP contribution in [0.25, 0.3) is 0 Å². The van der Waals surface area contributed by atoms with E-state index in [1.807, 2.05) is 0 Å². The second kappa shape index (κ2) is 5.41. The first-order valence-electron chi connectivity index (χ1n) is 4.74. The van der Waals surface area contributed by atoms with Gasteiger partial charge < -0.3 is 15.6 Å². The van der Waals surface area contributed by atoms with Crippen molar-refractivity contribution in [1.29, 1.82) is 0 Å². The summed E-state index contributed by atoms with van der Waals surface area (Å²) in [6.45, 7) is 3.17. The lowest BCUT2D eigenvalue weighted by atomic mass is 10.2. The number of nitrogens with two attached hydrogens (primary N) is 1. The lowest BCUT2D eigenvalue weighted by Gasteiger charge is -2.30. The van der Waals surface area contributed by atoms with Crippen molar-refractivity contribution in [2.75, 3.05) is 26.7 Å². The molecule has 1 aliphatic rings. The van der Waals surface area contributed by atoms with E-state index >= 15 is 0 Å². The average Bonchev–Trinajstić information content (AvgIpc) is 2.67. The van der Waals surface area contributed by atoms with Gasteiger partial charge in [0.15, 0.2) is 5.82 Å². The minimum Gasteiger partial charge on any atom is -0.338 e. The van der Waals surface area contributed by atoms with Gasteiger partial charge >= 0.3 is 0 Å². The van der Waals surface area contributed by atoms with Gasteiger partial charge in [0.25, 0.3) is 0 Å². The summed E-state index contributed by atoms with van der Waals surface area (Å²) in [5.74, 6) is 1.22. The van der Waals surface area contributed by atoms with Crippen LogP contribution >= 0.6 is 12.4 Å². The summed E-state index contributed by atoms with van der Waals surface area (Å²) in [7, 11) is 2.06. The van der Waals surface area contributed by atoms with Gasteiger partial charge in [-0.1, -0.05) is 5.16 Å². The first-order chi connectivity index (χ1) is 6.81. The Morgan fingerprint density at radius 1 is 1.67 bits per heavy atom. The van der Waals surface area contributed by atoms with Crippen LogP contribution in [-0.2, 0) is 6.54 Å². The molecule has 0 bridgehead atoms. The van der Waals surface area contributed by atoms with E-state index in [1.165, 1.54) is 0 Å². The zero-order chi connectivity index (χ0) is 9.97. The van der Waals surface area contributed by atoms with Crippen molar-refractivity contribution >= 4 is 12.4 Å². The molecule has 1 aliphatic heterocycles. The van der Waals surface area contributed by atoms with Crippen LogP contribution in [0.1, 0.15) is 17.8 Å². The Kier molecular flexibility index (Phi) is 4.46. The van der Waals surface area contributed by atoms with Gasteiger partial charge in [0.2, 0.25) is 5.89 Å². The Morgan fingerprint density at radius 2 is 2.47 bits per heavy atom. The summed E-state index contributed by atoms with van der Waals surface area (Å²) in [6, 6.07) is 0.202. The monoisotopic (exact) mass is 233 g/mol. The predicted molar refractivity (Wildman–Crippen MR) is 57.7 cm³/mol. The summed E-state index contributed by atoms with van der Waals surface area (Å²) in [4.78, 5) is 6.43. The van der Waals surface area contributed by atoms with Gasteiger partial charge in [-0.3, -0.25) is 4.90 Å². The smallest absolute Gasteiger partial charge is 0.240 e. The van der Waals surface area contributed by atoms with Crippen molar-refractivity contribution in [2.24, 2.45) is 5.73 Å². The Bertz CT molecular complexity index is 305. The van der Waals surface area contributed by atoms with Crippen molar-refractivity contribution in [3.63, 3.8) is 0 Å². The lowest BCUT2D eigenvalue weighted by Crippen LogP contribution is -2.44. The fraction of sp³-hybridized carbons (Fsp3) is 0.750. The second-order valence-corrected chi connectivity index (χ2v) is 3.45. The third-order valence-electron chi connectivity index (χ3n) is 2.47. The molecule has 0 saturated carbocycles. The molecule has 1 unspecified atom stereocenters. The molecule has 2 rings (SSSR count). The Labute approximate surface area is 94.6 Å². The average molecular weight is 234 g/mol. The predicted octanol–water partition coefficient (Wildman–Crippen LogP) is -0.474. The number of piperazine rings is 1. The number of hydrogen-bond acceptors (Lipinski definition) is 6. The molecule has 0 amide bonds. The highest BCUT2D eigenvalue weighted by atomic mass is 35.5. The number of nitrogens with zero attached hydrogens (tertiary/aromatic N) is 3. The van der Waals surface area contributed by atoms with E-state index in [-0.39, 0.29) is 18.4 Å². The maximum atomic E-state index is 5.40. The molecule has 7 heteroatoms. The lowest BCUT2D eigenvalue weighted by molar-refractivity contribution is 0.190. The highest BCUT2D eigenvalue weighted by Crippen LogP contribution is 2.17. The number of hydrogen-bond donors (Lipinski definition) is 2. The van der Waals surface area contributed by atoms with Crippen LogP contribution in [0.15, 0.2) is 4.52 Å². The fourth-order valence-electron chi connectivity index (χ4n) is 1.58. The normalized spacial score (nSPS) is 22.4. The van der Waals surface area contributed by atoms with Gasteiger partial charge in [-0.25, -0.2) is 0 Å². The van der Waals surface area contributed by atoms with Gasteiger partial charge in [0.05, 0.1) is 12.6 Å². The molecule has 0 aromatic carbocycles. The Balaban J connectivity index is 0.00000112. The number of aromatic nitrogens is 2. The van der Waals surface area contributed by atoms with Gasteiger partial charge in [-0.2, -0.15) is 4.98 Å². The molecule has 1 saturated heterocycles. The summed E-state index contributed by atoms with van der Waals surface area (Å²) in [5.41, 5.74) is 5.40. The minimum absolute atomic E-state index is 0. The standard InChI is InChI=1S/C8H15N5O.ClH/c1-13-3-2-10-5-6(13)8-11-7(4-9)14-12-8;/h6,10H,2-5,9H2,1H3;1H. The maximum absolute atomic E-state index is 5.40. The quantitative estimate of drug-likeness (QED) is 0.719. The molecule has 2 heterocycles. The summed E-state index contributed by atoms with van der Waals surface area (Å²) in [6.07, 6.45) is 0. The third kappa shape index (κ3) is 2.66. The van der Waals surface area contributed by atoms with Crippen molar-refractivity contribution in [2.45, 2.75) is 12.6 Å². The zero-order valence-electron chi connectivity index (χ0n) is 8.64. The first kappa shape index (κ1) is 12.4. The highest BCUT2D eigenvalue weighted by molar-refractivity contribution is 5.85.